The van der Waals surface area contributed by atoms with E-state index in [-0.39, 0.29) is 23.2 Å². The molecular weight excluding hydrogens is 178 g/mol. The van der Waals surface area contributed by atoms with Crippen LogP contribution in [0.25, 0.3) is 0 Å². The minimum atomic E-state index is -0.590. The summed E-state index contributed by atoms with van der Waals surface area (Å²) in [6.45, 7) is 3.87. The summed E-state index contributed by atoms with van der Waals surface area (Å²) >= 11 is 0. The van der Waals surface area contributed by atoms with Crippen LogP contribution in [0.2, 0.25) is 0 Å². The van der Waals surface area contributed by atoms with Crippen molar-refractivity contribution in [2.75, 3.05) is 0 Å². The number of aliphatic hydroxyl groups excluding tert-OH is 1. The maximum absolute atomic E-state index is 11.0. The SMILES string of the molecule is CC1/C=C\C(C)/C=C(C(N)=O)\C(O)=C/1. The molecule has 1 amide bonds. The molecule has 3 N–H and O–H groups in total. The van der Waals surface area contributed by atoms with Gasteiger partial charge in [0.15, 0.2) is 0 Å². The van der Waals surface area contributed by atoms with Crippen molar-refractivity contribution in [1.82, 2.24) is 0 Å². The van der Waals surface area contributed by atoms with Crippen LogP contribution in [0, 0.1) is 11.8 Å². The molecule has 2 atom stereocenters. The largest absolute Gasteiger partial charge is 0.507 e. The Bertz CT molecular complexity index is 326. The molecule has 0 fully saturated rings. The highest BCUT2D eigenvalue weighted by Crippen LogP contribution is 2.18. The maximum atomic E-state index is 11.0. The second kappa shape index (κ2) is 4.13. The van der Waals surface area contributed by atoms with Gasteiger partial charge < -0.3 is 10.8 Å². The minimum Gasteiger partial charge on any atom is -0.507 e. The van der Waals surface area contributed by atoms with Crippen LogP contribution in [-0.4, -0.2) is 11.0 Å². The van der Waals surface area contributed by atoms with Gasteiger partial charge in [0.1, 0.15) is 5.76 Å². The molecule has 3 heteroatoms. The number of amides is 1. The number of carbonyl (C=O) groups is 1. The van der Waals surface area contributed by atoms with Crippen LogP contribution in [0.1, 0.15) is 13.8 Å². The van der Waals surface area contributed by atoms with E-state index in [0.717, 1.165) is 0 Å². The van der Waals surface area contributed by atoms with Crippen molar-refractivity contribution >= 4 is 5.91 Å². The summed E-state index contributed by atoms with van der Waals surface area (Å²) < 4.78 is 0. The number of allylic oxidation sites excluding steroid dienone is 4. The average Bonchev–Trinajstić information content (AvgIpc) is 2.08. The predicted octanol–water partition coefficient (Wildman–Crippen LogP) is 1.68. The number of hydrogen-bond acceptors (Lipinski definition) is 2. The van der Waals surface area contributed by atoms with Crippen LogP contribution >= 0.6 is 0 Å². The second-order valence-corrected chi connectivity index (χ2v) is 3.60. The van der Waals surface area contributed by atoms with Gasteiger partial charge in [-0.05, 0) is 17.9 Å². The number of carbonyl (C=O) groups excluding carboxylic acids is 1. The fourth-order valence-electron chi connectivity index (χ4n) is 1.36. The highest BCUT2D eigenvalue weighted by atomic mass is 16.3. The second-order valence-electron chi connectivity index (χ2n) is 3.60. The summed E-state index contributed by atoms with van der Waals surface area (Å²) in [4.78, 5) is 11.0. The number of rotatable bonds is 1. The first-order valence-corrected chi connectivity index (χ1v) is 4.62. The lowest BCUT2D eigenvalue weighted by Crippen LogP contribution is -2.17. The lowest BCUT2D eigenvalue weighted by Gasteiger charge is -2.11. The van der Waals surface area contributed by atoms with Gasteiger partial charge >= 0.3 is 0 Å². The Labute approximate surface area is 83.6 Å². The molecule has 0 saturated carbocycles. The molecule has 0 aromatic rings. The Balaban J connectivity index is 3.12. The Morgan fingerprint density at radius 2 is 1.79 bits per heavy atom. The molecule has 0 radical (unpaired) electrons. The molecule has 1 aliphatic carbocycles. The number of nitrogens with two attached hydrogens (primary N) is 1. The molecule has 1 rings (SSSR count). The van der Waals surface area contributed by atoms with E-state index in [0.29, 0.717) is 0 Å². The van der Waals surface area contributed by atoms with Crippen LogP contribution < -0.4 is 5.73 Å². The Kier molecular flexibility index (Phi) is 3.12. The summed E-state index contributed by atoms with van der Waals surface area (Å²) in [5.41, 5.74) is 5.36. The van der Waals surface area contributed by atoms with E-state index >= 15 is 0 Å². The molecule has 1 aliphatic rings. The van der Waals surface area contributed by atoms with E-state index in [1.54, 1.807) is 12.2 Å². The molecule has 3 nitrogen and oxygen atoms in total. The zero-order chi connectivity index (χ0) is 10.7. The molecule has 76 valence electrons. The topological polar surface area (TPSA) is 63.3 Å². The van der Waals surface area contributed by atoms with E-state index in [1.807, 2.05) is 26.0 Å². The quantitative estimate of drug-likeness (QED) is 0.622. The van der Waals surface area contributed by atoms with E-state index in [1.165, 1.54) is 0 Å². The van der Waals surface area contributed by atoms with E-state index in [2.05, 4.69) is 0 Å². The first-order valence-electron chi connectivity index (χ1n) is 4.62. The molecule has 2 unspecified atom stereocenters. The minimum absolute atomic E-state index is 0.0267. The van der Waals surface area contributed by atoms with Gasteiger partial charge in [-0.15, -0.1) is 0 Å². The molecule has 0 aromatic heterocycles. The highest BCUT2D eigenvalue weighted by Gasteiger charge is 2.13. The van der Waals surface area contributed by atoms with Crippen LogP contribution in [0.5, 0.6) is 0 Å². The summed E-state index contributed by atoms with van der Waals surface area (Å²) in [7, 11) is 0. The lowest BCUT2D eigenvalue weighted by molar-refractivity contribution is -0.114. The zero-order valence-corrected chi connectivity index (χ0v) is 8.40. The Morgan fingerprint density at radius 3 is 2.29 bits per heavy atom. The fraction of sp³-hybridized carbons (Fsp3) is 0.364. The van der Waals surface area contributed by atoms with Crippen molar-refractivity contribution in [2.45, 2.75) is 13.8 Å². The number of primary amides is 1. The van der Waals surface area contributed by atoms with Crippen LogP contribution in [0.3, 0.4) is 0 Å². The molecule has 0 saturated heterocycles. The number of aliphatic hydroxyl groups is 1. The van der Waals surface area contributed by atoms with Crippen molar-refractivity contribution in [3.05, 3.63) is 35.6 Å². The van der Waals surface area contributed by atoms with Crippen molar-refractivity contribution in [3.63, 3.8) is 0 Å². The Morgan fingerprint density at radius 1 is 1.29 bits per heavy atom. The highest BCUT2D eigenvalue weighted by molar-refractivity contribution is 5.95. The van der Waals surface area contributed by atoms with Gasteiger partial charge in [0.05, 0.1) is 5.57 Å². The van der Waals surface area contributed by atoms with Gasteiger partial charge in [-0.3, -0.25) is 4.79 Å². The van der Waals surface area contributed by atoms with Gasteiger partial charge in [-0.1, -0.05) is 32.1 Å². The third-order valence-electron chi connectivity index (χ3n) is 2.11. The van der Waals surface area contributed by atoms with E-state index < -0.39 is 5.91 Å². The first-order chi connectivity index (χ1) is 6.50. The van der Waals surface area contributed by atoms with Gasteiger partial charge in [0.25, 0.3) is 5.91 Å². The molecule has 0 aliphatic heterocycles. The van der Waals surface area contributed by atoms with Gasteiger partial charge in [-0.25, -0.2) is 0 Å². The lowest BCUT2D eigenvalue weighted by atomic mass is 9.97. The monoisotopic (exact) mass is 193 g/mol. The number of hydrogen-bond donors (Lipinski definition) is 2. The van der Waals surface area contributed by atoms with Crippen molar-refractivity contribution in [3.8, 4) is 0 Å². The van der Waals surface area contributed by atoms with Crippen LogP contribution in [-0.2, 0) is 4.79 Å². The fourth-order valence-corrected chi connectivity index (χ4v) is 1.36. The average molecular weight is 193 g/mol. The smallest absolute Gasteiger partial charge is 0.252 e. The summed E-state index contributed by atoms with van der Waals surface area (Å²) in [5, 5.41) is 9.59. The van der Waals surface area contributed by atoms with Crippen molar-refractivity contribution in [1.29, 1.82) is 0 Å². The van der Waals surface area contributed by atoms with Crippen LogP contribution in [0.15, 0.2) is 35.6 Å². The van der Waals surface area contributed by atoms with Gasteiger partial charge in [0.2, 0.25) is 0 Å². The molecular formula is C11H15NO2. The standard InChI is InChI=1S/C11H15NO2/c1-7-3-4-8(2)6-10(13)9(5-7)11(12)14/h3-8,13H,1-2H3,(H2,12,14)/b4-3-,9-5+,10-6+. The Hall–Kier alpha value is -1.51. The van der Waals surface area contributed by atoms with E-state index in [9.17, 15) is 9.90 Å². The van der Waals surface area contributed by atoms with Gasteiger partial charge in [-0.2, -0.15) is 0 Å². The normalized spacial score (nSPS) is 37.0. The van der Waals surface area contributed by atoms with Crippen molar-refractivity contribution in [2.24, 2.45) is 17.6 Å². The summed E-state index contributed by atoms with van der Waals surface area (Å²) in [6, 6.07) is 0. The van der Waals surface area contributed by atoms with E-state index in [4.69, 9.17) is 5.73 Å². The van der Waals surface area contributed by atoms with Gasteiger partial charge in [0, 0.05) is 0 Å². The summed E-state index contributed by atoms with van der Waals surface area (Å²) in [5.74, 6) is -0.398. The molecule has 0 bridgehead atoms. The zero-order valence-electron chi connectivity index (χ0n) is 8.40. The molecule has 0 heterocycles. The van der Waals surface area contributed by atoms with Crippen LogP contribution in [0.4, 0.5) is 0 Å². The predicted molar refractivity (Wildman–Crippen MR) is 55.5 cm³/mol. The molecule has 14 heavy (non-hydrogen) atoms. The maximum Gasteiger partial charge on any atom is 0.252 e. The third-order valence-corrected chi connectivity index (χ3v) is 2.11. The summed E-state index contributed by atoms with van der Waals surface area (Å²) in [6.07, 6.45) is 7.24. The molecule has 0 aromatic carbocycles. The molecule has 0 spiro atoms. The van der Waals surface area contributed by atoms with Crippen molar-refractivity contribution < 1.29 is 9.90 Å². The first kappa shape index (κ1) is 10.6. The third kappa shape index (κ3) is 2.49.